The van der Waals surface area contributed by atoms with E-state index in [1.54, 1.807) is 19.1 Å². The van der Waals surface area contributed by atoms with Crippen molar-refractivity contribution in [1.82, 2.24) is 0 Å². The summed E-state index contributed by atoms with van der Waals surface area (Å²) in [6.45, 7) is 2.24. The van der Waals surface area contributed by atoms with E-state index in [9.17, 15) is 9.59 Å². The number of ketones is 1. The van der Waals surface area contributed by atoms with Gasteiger partial charge in [0.1, 0.15) is 5.75 Å². The largest absolute Gasteiger partial charge is 0.493 e. The van der Waals surface area contributed by atoms with E-state index in [0.29, 0.717) is 24.3 Å². The second-order valence-corrected chi connectivity index (χ2v) is 3.47. The molecule has 1 aromatic rings. The summed E-state index contributed by atoms with van der Waals surface area (Å²) in [6, 6.07) is 3.48. The number of rotatable bonds is 2. The Morgan fingerprint density at radius 1 is 1.40 bits per heavy atom. The average Bonchev–Trinajstić information content (AvgIpc) is 2.64. The molecule has 0 amide bonds. The minimum Gasteiger partial charge on any atom is -0.493 e. The van der Waals surface area contributed by atoms with Gasteiger partial charge < -0.3 is 9.84 Å². The minimum atomic E-state index is -1.42. The van der Waals surface area contributed by atoms with E-state index in [2.05, 4.69) is 0 Å². The number of benzene rings is 1. The molecule has 4 nitrogen and oxygen atoms in total. The van der Waals surface area contributed by atoms with Gasteiger partial charge in [-0.2, -0.15) is 0 Å². The second-order valence-electron chi connectivity index (χ2n) is 3.47. The summed E-state index contributed by atoms with van der Waals surface area (Å²) in [5.41, 5.74) is 1.70. The molecular weight excluding hydrogens is 196 g/mol. The van der Waals surface area contributed by atoms with E-state index < -0.39 is 11.8 Å². The maximum atomic E-state index is 11.5. The Morgan fingerprint density at radius 2 is 2.13 bits per heavy atom. The topological polar surface area (TPSA) is 63.6 Å². The fourth-order valence-corrected chi connectivity index (χ4v) is 1.82. The van der Waals surface area contributed by atoms with Gasteiger partial charge in [0, 0.05) is 17.5 Å². The Bertz CT molecular complexity index is 448. The monoisotopic (exact) mass is 206 g/mol. The molecule has 1 aliphatic rings. The molecule has 0 bridgehead atoms. The van der Waals surface area contributed by atoms with Crippen molar-refractivity contribution >= 4 is 11.8 Å². The Balaban J connectivity index is 2.60. The Labute approximate surface area is 86.5 Å². The highest BCUT2D eigenvalue weighted by Gasteiger charge is 2.25. The number of hydrogen-bond donors (Lipinski definition) is 1. The number of fused-ring (bicyclic) bond motifs is 1. The maximum Gasteiger partial charge on any atom is 0.377 e. The quantitative estimate of drug-likeness (QED) is 0.583. The molecule has 0 saturated carbocycles. The van der Waals surface area contributed by atoms with Crippen LogP contribution in [-0.4, -0.2) is 23.5 Å². The Kier molecular flexibility index (Phi) is 2.19. The first-order valence-corrected chi connectivity index (χ1v) is 4.64. The van der Waals surface area contributed by atoms with Crippen molar-refractivity contribution in [3.8, 4) is 5.75 Å². The first kappa shape index (κ1) is 9.71. The number of carboxylic acid groups (broad SMARTS) is 1. The molecule has 1 aromatic carbocycles. The minimum absolute atomic E-state index is 0.289. The van der Waals surface area contributed by atoms with E-state index in [4.69, 9.17) is 9.84 Å². The van der Waals surface area contributed by atoms with Gasteiger partial charge in [0.25, 0.3) is 5.78 Å². The summed E-state index contributed by atoms with van der Waals surface area (Å²) in [5.74, 6) is -1.64. The van der Waals surface area contributed by atoms with Crippen LogP contribution in [-0.2, 0) is 11.2 Å². The first-order chi connectivity index (χ1) is 7.11. The van der Waals surface area contributed by atoms with Gasteiger partial charge in [-0.1, -0.05) is 6.07 Å². The zero-order valence-electron chi connectivity index (χ0n) is 8.24. The molecular formula is C11H10O4. The number of carbonyl (C=O) groups is 2. The lowest BCUT2D eigenvalue weighted by Gasteiger charge is -2.06. The van der Waals surface area contributed by atoms with Crippen molar-refractivity contribution in [2.45, 2.75) is 13.3 Å². The van der Waals surface area contributed by atoms with Crippen molar-refractivity contribution in [1.29, 1.82) is 0 Å². The van der Waals surface area contributed by atoms with Crippen LogP contribution in [0.25, 0.3) is 0 Å². The highest BCUT2D eigenvalue weighted by molar-refractivity contribution is 6.40. The number of ether oxygens (including phenoxy) is 1. The molecule has 0 radical (unpaired) electrons. The third kappa shape index (κ3) is 1.48. The number of aryl methyl sites for hydroxylation is 1. The zero-order chi connectivity index (χ0) is 11.0. The summed E-state index contributed by atoms with van der Waals surface area (Å²) in [5, 5.41) is 8.70. The van der Waals surface area contributed by atoms with Crippen LogP contribution in [0.5, 0.6) is 5.75 Å². The van der Waals surface area contributed by atoms with Crippen LogP contribution in [0.3, 0.4) is 0 Å². The van der Waals surface area contributed by atoms with E-state index in [-0.39, 0.29) is 5.56 Å². The van der Waals surface area contributed by atoms with Crippen LogP contribution >= 0.6 is 0 Å². The Morgan fingerprint density at radius 3 is 2.80 bits per heavy atom. The van der Waals surface area contributed by atoms with Crippen LogP contribution in [0.2, 0.25) is 0 Å². The van der Waals surface area contributed by atoms with Gasteiger partial charge >= 0.3 is 5.97 Å². The van der Waals surface area contributed by atoms with Gasteiger partial charge in [0.05, 0.1) is 6.61 Å². The van der Waals surface area contributed by atoms with E-state index in [1.807, 2.05) is 0 Å². The van der Waals surface area contributed by atoms with E-state index in [1.165, 1.54) is 0 Å². The molecule has 0 aliphatic carbocycles. The molecule has 2 rings (SSSR count). The van der Waals surface area contributed by atoms with Crippen LogP contribution in [0, 0.1) is 6.92 Å². The van der Waals surface area contributed by atoms with Gasteiger partial charge in [-0.05, 0) is 18.6 Å². The zero-order valence-corrected chi connectivity index (χ0v) is 8.24. The lowest BCUT2D eigenvalue weighted by Crippen LogP contribution is -2.16. The molecule has 0 fully saturated rings. The summed E-state index contributed by atoms with van der Waals surface area (Å²) in [7, 11) is 0. The van der Waals surface area contributed by atoms with Gasteiger partial charge in [0.15, 0.2) is 0 Å². The molecule has 0 spiro atoms. The number of carboxylic acids is 1. The lowest BCUT2D eigenvalue weighted by molar-refractivity contribution is -0.131. The highest BCUT2D eigenvalue weighted by Crippen LogP contribution is 2.30. The van der Waals surface area contributed by atoms with E-state index >= 15 is 0 Å². The molecule has 1 heterocycles. The predicted octanol–water partition coefficient (Wildman–Crippen LogP) is 1.20. The number of carbonyl (C=O) groups excluding carboxylic acids is 1. The summed E-state index contributed by atoms with van der Waals surface area (Å²) < 4.78 is 5.28. The SMILES string of the molecule is Cc1ccc2c(c1C(=O)C(=O)O)CCO2. The van der Waals surface area contributed by atoms with E-state index in [0.717, 1.165) is 5.56 Å². The predicted molar refractivity (Wildman–Crippen MR) is 52.3 cm³/mol. The van der Waals surface area contributed by atoms with Crippen molar-refractivity contribution < 1.29 is 19.4 Å². The van der Waals surface area contributed by atoms with Crippen LogP contribution in [0.15, 0.2) is 12.1 Å². The summed E-state index contributed by atoms with van der Waals surface area (Å²) >= 11 is 0. The smallest absolute Gasteiger partial charge is 0.377 e. The molecule has 0 saturated heterocycles. The first-order valence-electron chi connectivity index (χ1n) is 4.64. The molecule has 0 atom stereocenters. The van der Waals surface area contributed by atoms with Gasteiger partial charge in [-0.25, -0.2) is 4.79 Å². The van der Waals surface area contributed by atoms with Gasteiger partial charge in [-0.3, -0.25) is 4.79 Å². The average molecular weight is 206 g/mol. The second kappa shape index (κ2) is 3.38. The standard InChI is InChI=1S/C11H10O4/c1-6-2-3-8-7(4-5-15-8)9(6)10(12)11(13)14/h2-3H,4-5H2,1H3,(H,13,14). The van der Waals surface area contributed by atoms with Gasteiger partial charge in [-0.15, -0.1) is 0 Å². The summed E-state index contributed by atoms with van der Waals surface area (Å²) in [6.07, 6.45) is 0.603. The van der Waals surface area contributed by atoms with Crippen LogP contribution < -0.4 is 4.74 Å². The highest BCUT2D eigenvalue weighted by atomic mass is 16.5. The van der Waals surface area contributed by atoms with Crippen molar-refractivity contribution in [3.63, 3.8) is 0 Å². The number of aliphatic carboxylic acids is 1. The molecule has 0 aromatic heterocycles. The van der Waals surface area contributed by atoms with Crippen LogP contribution in [0.4, 0.5) is 0 Å². The fourth-order valence-electron chi connectivity index (χ4n) is 1.82. The molecule has 0 unspecified atom stereocenters. The Hall–Kier alpha value is -1.84. The van der Waals surface area contributed by atoms with Crippen molar-refractivity contribution in [3.05, 3.63) is 28.8 Å². The molecule has 78 valence electrons. The number of hydrogen-bond acceptors (Lipinski definition) is 3. The van der Waals surface area contributed by atoms with Crippen molar-refractivity contribution in [2.24, 2.45) is 0 Å². The summed E-state index contributed by atoms with van der Waals surface area (Å²) in [4.78, 5) is 22.1. The fraction of sp³-hybridized carbons (Fsp3) is 0.273. The van der Waals surface area contributed by atoms with Gasteiger partial charge in [0.2, 0.25) is 0 Å². The third-order valence-corrected chi connectivity index (χ3v) is 2.51. The van der Waals surface area contributed by atoms with Crippen molar-refractivity contribution in [2.75, 3.05) is 6.61 Å². The third-order valence-electron chi connectivity index (χ3n) is 2.51. The maximum absolute atomic E-state index is 11.5. The molecule has 1 N–H and O–H groups in total. The molecule has 1 aliphatic heterocycles. The molecule has 4 heteroatoms. The molecule has 15 heavy (non-hydrogen) atoms. The van der Waals surface area contributed by atoms with Crippen LogP contribution in [0.1, 0.15) is 21.5 Å². The lowest BCUT2D eigenvalue weighted by atomic mass is 9.96. The number of Topliss-reactive ketones (excluding diaryl/α,β-unsaturated/α-hetero) is 1. The normalized spacial score (nSPS) is 13.1.